The Morgan fingerprint density at radius 2 is 1.77 bits per heavy atom. The molecule has 3 rings (SSSR count). The van der Waals surface area contributed by atoms with Crippen molar-refractivity contribution >= 4 is 23.5 Å². The van der Waals surface area contributed by atoms with Crippen molar-refractivity contribution in [3.63, 3.8) is 0 Å². The highest BCUT2D eigenvalue weighted by Gasteiger charge is 1.98. The summed E-state index contributed by atoms with van der Waals surface area (Å²) in [5.74, 6) is 0.801. The third kappa shape index (κ3) is 5.11. The van der Waals surface area contributed by atoms with Crippen molar-refractivity contribution in [2.45, 2.75) is 20.5 Å². The minimum atomic E-state index is 0.499. The number of nitrogens with zero attached hydrogens (tertiary/aromatic N) is 1. The Bertz CT molecular complexity index is 904. The maximum absolute atomic E-state index is 5.90. The zero-order valence-corrected chi connectivity index (χ0v) is 15.6. The Kier molecular flexibility index (Phi) is 5.92. The number of halogens is 1. The average molecular weight is 365 g/mol. The number of hydrazone groups is 1. The molecule has 3 aromatic carbocycles. The number of ether oxygens (including phenoxy) is 1. The predicted octanol–water partition coefficient (Wildman–Crippen LogP) is 5.98. The summed E-state index contributed by atoms with van der Waals surface area (Å²) in [4.78, 5) is 0. The topological polar surface area (TPSA) is 33.6 Å². The molecule has 3 aromatic rings. The van der Waals surface area contributed by atoms with Crippen LogP contribution in [-0.4, -0.2) is 6.21 Å². The number of hydrogen-bond donors (Lipinski definition) is 1. The van der Waals surface area contributed by atoms with Crippen molar-refractivity contribution in [1.29, 1.82) is 0 Å². The molecule has 0 heterocycles. The molecule has 4 heteroatoms. The largest absolute Gasteiger partial charge is 0.489 e. The van der Waals surface area contributed by atoms with Crippen LogP contribution in [0.2, 0.25) is 5.02 Å². The molecule has 26 heavy (non-hydrogen) atoms. The molecule has 0 bridgehead atoms. The second kappa shape index (κ2) is 8.54. The number of nitrogens with one attached hydrogen (secondary N) is 1. The van der Waals surface area contributed by atoms with E-state index in [0.29, 0.717) is 6.61 Å². The van der Waals surface area contributed by atoms with E-state index in [4.69, 9.17) is 16.3 Å². The zero-order chi connectivity index (χ0) is 18.4. The Hall–Kier alpha value is -2.78. The van der Waals surface area contributed by atoms with E-state index < -0.39 is 0 Å². The van der Waals surface area contributed by atoms with E-state index in [1.165, 1.54) is 11.1 Å². The van der Waals surface area contributed by atoms with E-state index in [2.05, 4.69) is 36.5 Å². The fourth-order valence-electron chi connectivity index (χ4n) is 2.42. The summed E-state index contributed by atoms with van der Waals surface area (Å²) < 4.78 is 5.84. The van der Waals surface area contributed by atoms with Crippen LogP contribution in [0.4, 0.5) is 5.69 Å². The van der Waals surface area contributed by atoms with Crippen molar-refractivity contribution in [3.05, 3.63) is 94.0 Å². The zero-order valence-electron chi connectivity index (χ0n) is 14.9. The van der Waals surface area contributed by atoms with Gasteiger partial charge in [0.15, 0.2) is 0 Å². The highest BCUT2D eigenvalue weighted by molar-refractivity contribution is 6.30. The van der Waals surface area contributed by atoms with Crippen LogP contribution in [0.3, 0.4) is 0 Å². The first-order valence-electron chi connectivity index (χ1n) is 8.44. The van der Waals surface area contributed by atoms with Crippen LogP contribution in [0.15, 0.2) is 71.8 Å². The minimum Gasteiger partial charge on any atom is -0.489 e. The van der Waals surface area contributed by atoms with Crippen molar-refractivity contribution in [2.24, 2.45) is 5.10 Å². The first kappa shape index (κ1) is 18.0. The molecular formula is C22H21ClN2O. The molecule has 0 aromatic heterocycles. The quantitative estimate of drug-likeness (QED) is 0.431. The predicted molar refractivity (Wildman–Crippen MR) is 109 cm³/mol. The number of aryl methyl sites for hydroxylation is 2. The van der Waals surface area contributed by atoms with E-state index in [0.717, 1.165) is 27.6 Å². The third-order valence-corrected chi connectivity index (χ3v) is 4.34. The molecule has 0 aliphatic carbocycles. The summed E-state index contributed by atoms with van der Waals surface area (Å²) in [5, 5.41) is 5.03. The summed E-state index contributed by atoms with van der Waals surface area (Å²) in [6.07, 6.45) is 1.78. The molecule has 3 nitrogen and oxygen atoms in total. The van der Waals surface area contributed by atoms with Crippen LogP contribution >= 0.6 is 11.6 Å². The van der Waals surface area contributed by atoms with E-state index in [1.807, 2.05) is 54.6 Å². The van der Waals surface area contributed by atoms with E-state index >= 15 is 0 Å². The number of benzene rings is 3. The lowest BCUT2D eigenvalue weighted by Crippen LogP contribution is -1.96. The molecular weight excluding hydrogens is 344 g/mol. The van der Waals surface area contributed by atoms with Crippen LogP contribution in [0.1, 0.15) is 22.3 Å². The van der Waals surface area contributed by atoms with Gasteiger partial charge in [0.25, 0.3) is 0 Å². The fourth-order valence-corrected chi connectivity index (χ4v) is 2.55. The SMILES string of the molecule is Cc1ccc(N/N=C/c2cccc(OCc3ccc(Cl)cc3)c2)cc1C. The van der Waals surface area contributed by atoms with Crippen LogP contribution in [0.25, 0.3) is 0 Å². The summed E-state index contributed by atoms with van der Waals surface area (Å²) in [6.45, 7) is 4.68. The summed E-state index contributed by atoms with van der Waals surface area (Å²) in [5.41, 5.74) is 8.58. The van der Waals surface area contributed by atoms with E-state index in [1.54, 1.807) is 6.21 Å². The molecule has 0 atom stereocenters. The summed E-state index contributed by atoms with van der Waals surface area (Å²) in [6, 6.07) is 21.7. The third-order valence-electron chi connectivity index (χ3n) is 4.09. The van der Waals surface area contributed by atoms with Crippen LogP contribution in [-0.2, 0) is 6.61 Å². The average Bonchev–Trinajstić information content (AvgIpc) is 2.65. The van der Waals surface area contributed by atoms with Crippen molar-refractivity contribution in [2.75, 3.05) is 5.43 Å². The first-order valence-corrected chi connectivity index (χ1v) is 8.81. The van der Waals surface area contributed by atoms with Crippen LogP contribution < -0.4 is 10.2 Å². The first-order chi connectivity index (χ1) is 12.6. The van der Waals surface area contributed by atoms with Gasteiger partial charge in [-0.2, -0.15) is 5.10 Å². The summed E-state index contributed by atoms with van der Waals surface area (Å²) >= 11 is 5.90. The monoisotopic (exact) mass is 364 g/mol. The minimum absolute atomic E-state index is 0.499. The molecule has 0 unspecified atom stereocenters. The lowest BCUT2D eigenvalue weighted by atomic mass is 10.1. The van der Waals surface area contributed by atoms with Crippen LogP contribution in [0.5, 0.6) is 5.75 Å². The number of anilines is 1. The van der Waals surface area contributed by atoms with Gasteiger partial charge in [0.05, 0.1) is 11.9 Å². The van der Waals surface area contributed by atoms with Crippen molar-refractivity contribution in [3.8, 4) is 5.75 Å². The van der Waals surface area contributed by atoms with Gasteiger partial charge in [0.1, 0.15) is 12.4 Å². The highest BCUT2D eigenvalue weighted by atomic mass is 35.5. The lowest BCUT2D eigenvalue weighted by Gasteiger charge is -2.07. The highest BCUT2D eigenvalue weighted by Crippen LogP contribution is 2.17. The molecule has 132 valence electrons. The Balaban J connectivity index is 1.59. The Morgan fingerprint density at radius 3 is 2.54 bits per heavy atom. The molecule has 0 saturated carbocycles. The molecule has 0 aliphatic rings. The van der Waals surface area contributed by atoms with Gasteiger partial charge in [-0.1, -0.05) is 41.9 Å². The second-order valence-corrected chi connectivity index (χ2v) is 6.59. The van der Waals surface area contributed by atoms with E-state index in [-0.39, 0.29) is 0 Å². The second-order valence-electron chi connectivity index (χ2n) is 6.16. The van der Waals surface area contributed by atoms with Gasteiger partial charge in [-0.05, 0) is 72.5 Å². The van der Waals surface area contributed by atoms with Crippen LogP contribution in [0, 0.1) is 13.8 Å². The maximum Gasteiger partial charge on any atom is 0.120 e. The lowest BCUT2D eigenvalue weighted by molar-refractivity contribution is 0.306. The van der Waals surface area contributed by atoms with Gasteiger partial charge in [0.2, 0.25) is 0 Å². The molecule has 0 radical (unpaired) electrons. The number of hydrogen-bond acceptors (Lipinski definition) is 3. The molecule has 1 N–H and O–H groups in total. The Morgan fingerprint density at radius 1 is 0.962 bits per heavy atom. The van der Waals surface area contributed by atoms with Gasteiger partial charge < -0.3 is 4.74 Å². The fraction of sp³-hybridized carbons (Fsp3) is 0.136. The molecule has 0 fully saturated rings. The normalized spacial score (nSPS) is 10.9. The van der Waals surface area contributed by atoms with Crippen molar-refractivity contribution in [1.82, 2.24) is 0 Å². The van der Waals surface area contributed by atoms with Crippen molar-refractivity contribution < 1.29 is 4.74 Å². The van der Waals surface area contributed by atoms with Gasteiger partial charge >= 0.3 is 0 Å². The standard InChI is InChI=1S/C22H21ClN2O/c1-16-6-11-21(12-17(16)2)25-24-14-19-4-3-5-22(13-19)26-15-18-7-9-20(23)10-8-18/h3-14,25H,15H2,1-2H3/b24-14+. The van der Waals surface area contributed by atoms with Gasteiger partial charge in [-0.25, -0.2) is 0 Å². The molecule has 0 amide bonds. The van der Waals surface area contributed by atoms with E-state index in [9.17, 15) is 0 Å². The van der Waals surface area contributed by atoms with Gasteiger partial charge in [-0.3, -0.25) is 5.43 Å². The maximum atomic E-state index is 5.90. The van der Waals surface area contributed by atoms with Gasteiger partial charge in [0, 0.05) is 5.02 Å². The smallest absolute Gasteiger partial charge is 0.120 e. The summed E-state index contributed by atoms with van der Waals surface area (Å²) in [7, 11) is 0. The Labute approximate surface area is 159 Å². The number of rotatable bonds is 6. The molecule has 0 saturated heterocycles. The van der Waals surface area contributed by atoms with Gasteiger partial charge in [-0.15, -0.1) is 0 Å². The molecule has 0 spiro atoms. The molecule has 0 aliphatic heterocycles.